The maximum Gasteiger partial charge on any atom is 0.270 e. The molecule has 4 aromatic heterocycles. The van der Waals surface area contributed by atoms with Crippen LogP contribution < -0.4 is 5.56 Å². The Morgan fingerprint density at radius 3 is 2.85 bits per heavy atom. The topological polar surface area (TPSA) is 65.1 Å². The van der Waals surface area contributed by atoms with Crippen LogP contribution in [0.25, 0.3) is 27.8 Å². The molecule has 0 aliphatic heterocycles. The predicted octanol–water partition coefficient (Wildman–Crippen LogP) is 3.15. The number of pyridine rings is 2. The average Bonchev–Trinajstić information content (AvgIpc) is 3.18. The van der Waals surface area contributed by atoms with Crippen molar-refractivity contribution in [2.24, 2.45) is 0 Å². The van der Waals surface area contributed by atoms with Crippen molar-refractivity contribution in [3.05, 3.63) is 95.6 Å². The molecule has 27 heavy (non-hydrogen) atoms. The van der Waals surface area contributed by atoms with Crippen LogP contribution in [-0.4, -0.2) is 23.9 Å². The average molecular weight is 353 g/mol. The van der Waals surface area contributed by atoms with Gasteiger partial charge in [-0.3, -0.25) is 9.36 Å². The third-order valence-electron chi connectivity index (χ3n) is 4.61. The molecule has 0 amide bonds. The van der Waals surface area contributed by atoms with Crippen molar-refractivity contribution in [3.8, 4) is 11.1 Å². The standard InChI is InChI=1S/C21H15N5O/c27-20-11-24-19-5-2-8-23-21(19)26(20)12-15-3-1-4-16(9-15)17-6-7-18-10-22-14-25(18)13-17/h1-11,13-14H,12H2. The van der Waals surface area contributed by atoms with Gasteiger partial charge in [0.2, 0.25) is 0 Å². The minimum absolute atomic E-state index is 0.161. The van der Waals surface area contributed by atoms with Crippen molar-refractivity contribution in [2.45, 2.75) is 6.54 Å². The fourth-order valence-corrected chi connectivity index (χ4v) is 3.27. The third kappa shape index (κ3) is 2.77. The lowest BCUT2D eigenvalue weighted by Crippen LogP contribution is -2.21. The van der Waals surface area contributed by atoms with E-state index in [1.165, 1.54) is 6.20 Å². The normalized spacial score (nSPS) is 11.3. The fourth-order valence-electron chi connectivity index (χ4n) is 3.27. The lowest BCUT2D eigenvalue weighted by Gasteiger charge is -2.10. The highest BCUT2D eigenvalue weighted by atomic mass is 16.1. The summed E-state index contributed by atoms with van der Waals surface area (Å²) in [5, 5.41) is 0. The minimum Gasteiger partial charge on any atom is -0.306 e. The molecule has 0 atom stereocenters. The zero-order valence-electron chi connectivity index (χ0n) is 14.4. The summed E-state index contributed by atoms with van der Waals surface area (Å²) in [5.41, 5.74) is 5.39. The van der Waals surface area contributed by atoms with Crippen LogP contribution in [0.15, 0.2) is 84.4 Å². The second-order valence-corrected chi connectivity index (χ2v) is 6.37. The Balaban J connectivity index is 1.57. The molecule has 0 spiro atoms. The molecule has 5 rings (SSSR count). The van der Waals surface area contributed by atoms with Crippen LogP contribution in [-0.2, 0) is 6.54 Å². The van der Waals surface area contributed by atoms with Crippen LogP contribution in [0.3, 0.4) is 0 Å². The van der Waals surface area contributed by atoms with Crippen LogP contribution in [0.2, 0.25) is 0 Å². The summed E-state index contributed by atoms with van der Waals surface area (Å²) in [6, 6.07) is 16.0. The van der Waals surface area contributed by atoms with Crippen LogP contribution in [0.1, 0.15) is 5.56 Å². The summed E-state index contributed by atoms with van der Waals surface area (Å²) in [4.78, 5) is 25.0. The minimum atomic E-state index is -0.161. The highest BCUT2D eigenvalue weighted by Crippen LogP contribution is 2.22. The molecule has 0 aliphatic carbocycles. The summed E-state index contributed by atoms with van der Waals surface area (Å²) in [6.45, 7) is 0.441. The van der Waals surface area contributed by atoms with Crippen LogP contribution in [0.5, 0.6) is 0 Å². The molecule has 0 aliphatic rings. The number of nitrogens with zero attached hydrogens (tertiary/aromatic N) is 5. The van der Waals surface area contributed by atoms with Gasteiger partial charge in [-0.15, -0.1) is 0 Å². The van der Waals surface area contributed by atoms with E-state index in [1.54, 1.807) is 17.1 Å². The smallest absolute Gasteiger partial charge is 0.270 e. The van der Waals surface area contributed by atoms with E-state index in [1.807, 2.05) is 40.9 Å². The van der Waals surface area contributed by atoms with Gasteiger partial charge in [0.15, 0.2) is 5.65 Å². The number of aromatic nitrogens is 5. The summed E-state index contributed by atoms with van der Waals surface area (Å²) in [5.74, 6) is 0. The van der Waals surface area contributed by atoms with E-state index >= 15 is 0 Å². The molecule has 0 saturated carbocycles. The molecular formula is C21H15N5O. The summed E-state index contributed by atoms with van der Waals surface area (Å²) < 4.78 is 3.65. The van der Waals surface area contributed by atoms with Crippen molar-refractivity contribution in [3.63, 3.8) is 0 Å². The maximum atomic E-state index is 12.4. The van der Waals surface area contributed by atoms with Gasteiger partial charge in [0.1, 0.15) is 5.52 Å². The number of hydrogen-bond acceptors (Lipinski definition) is 4. The van der Waals surface area contributed by atoms with Crippen molar-refractivity contribution in [1.82, 2.24) is 23.9 Å². The number of hydrogen-bond donors (Lipinski definition) is 0. The van der Waals surface area contributed by atoms with E-state index in [9.17, 15) is 4.79 Å². The second kappa shape index (κ2) is 6.17. The van der Waals surface area contributed by atoms with Gasteiger partial charge in [0.25, 0.3) is 5.56 Å². The Kier molecular flexibility index (Phi) is 3.53. The van der Waals surface area contributed by atoms with Gasteiger partial charge < -0.3 is 4.40 Å². The van der Waals surface area contributed by atoms with E-state index in [-0.39, 0.29) is 5.56 Å². The van der Waals surface area contributed by atoms with Crippen LogP contribution in [0.4, 0.5) is 0 Å². The van der Waals surface area contributed by atoms with E-state index in [4.69, 9.17) is 0 Å². The number of rotatable bonds is 3. The highest BCUT2D eigenvalue weighted by Gasteiger charge is 2.07. The number of imidazole rings is 1. The van der Waals surface area contributed by atoms with Crippen LogP contribution >= 0.6 is 0 Å². The lowest BCUT2D eigenvalue weighted by atomic mass is 10.0. The lowest BCUT2D eigenvalue weighted by molar-refractivity contribution is 0.775. The fraction of sp³-hybridized carbons (Fsp3) is 0.0476. The molecule has 0 bridgehead atoms. The van der Waals surface area contributed by atoms with Gasteiger partial charge in [0.05, 0.1) is 30.8 Å². The first kappa shape index (κ1) is 15.5. The molecule has 0 saturated heterocycles. The second-order valence-electron chi connectivity index (χ2n) is 6.37. The summed E-state index contributed by atoms with van der Waals surface area (Å²) >= 11 is 0. The van der Waals surface area contributed by atoms with Crippen LogP contribution in [0, 0.1) is 0 Å². The zero-order valence-corrected chi connectivity index (χ0v) is 14.4. The largest absolute Gasteiger partial charge is 0.306 e. The molecule has 130 valence electrons. The quantitative estimate of drug-likeness (QED) is 0.500. The SMILES string of the molecule is O=c1cnc2cccnc2n1Cc1cccc(-c2ccc3cncn3c2)c1. The van der Waals surface area contributed by atoms with E-state index in [0.29, 0.717) is 17.7 Å². The van der Waals surface area contributed by atoms with Gasteiger partial charge in [-0.25, -0.2) is 15.0 Å². The monoisotopic (exact) mass is 353 g/mol. The molecule has 0 radical (unpaired) electrons. The third-order valence-corrected chi connectivity index (χ3v) is 4.61. The Bertz CT molecular complexity index is 1340. The van der Waals surface area contributed by atoms with Gasteiger partial charge in [-0.05, 0) is 41.0 Å². The van der Waals surface area contributed by atoms with E-state index in [2.05, 4.69) is 39.3 Å². The number of fused-ring (bicyclic) bond motifs is 2. The molecule has 0 unspecified atom stereocenters. The zero-order chi connectivity index (χ0) is 18.2. The Labute approximate surface area is 154 Å². The maximum absolute atomic E-state index is 12.4. The molecule has 6 nitrogen and oxygen atoms in total. The van der Waals surface area contributed by atoms with Crippen molar-refractivity contribution < 1.29 is 0 Å². The summed E-state index contributed by atoms with van der Waals surface area (Å²) in [6.07, 6.45) is 8.69. The van der Waals surface area contributed by atoms with Gasteiger partial charge in [-0.1, -0.05) is 24.3 Å². The molecule has 0 N–H and O–H groups in total. The first-order valence-corrected chi connectivity index (χ1v) is 8.59. The Hall–Kier alpha value is -3.80. The van der Waals surface area contributed by atoms with Crippen molar-refractivity contribution >= 4 is 16.7 Å². The Morgan fingerprint density at radius 2 is 1.89 bits per heavy atom. The number of benzene rings is 1. The molecule has 4 heterocycles. The van der Waals surface area contributed by atoms with Crippen molar-refractivity contribution in [2.75, 3.05) is 0 Å². The first-order valence-electron chi connectivity index (χ1n) is 8.59. The van der Waals surface area contributed by atoms with Gasteiger partial charge in [-0.2, -0.15) is 0 Å². The van der Waals surface area contributed by atoms with Gasteiger partial charge in [0, 0.05) is 12.4 Å². The highest BCUT2D eigenvalue weighted by molar-refractivity contribution is 5.69. The molecule has 6 heteroatoms. The predicted molar refractivity (Wildman–Crippen MR) is 104 cm³/mol. The molecular weight excluding hydrogens is 338 g/mol. The first-order chi connectivity index (χ1) is 13.3. The van der Waals surface area contributed by atoms with Gasteiger partial charge >= 0.3 is 0 Å². The Morgan fingerprint density at radius 1 is 0.926 bits per heavy atom. The molecule has 0 fully saturated rings. The van der Waals surface area contributed by atoms with Crippen molar-refractivity contribution in [1.29, 1.82) is 0 Å². The van der Waals surface area contributed by atoms with E-state index < -0.39 is 0 Å². The molecule has 5 aromatic rings. The molecule has 1 aromatic carbocycles. The van der Waals surface area contributed by atoms with E-state index in [0.717, 1.165) is 22.2 Å². The summed E-state index contributed by atoms with van der Waals surface area (Å²) in [7, 11) is 0.